The number of carbonyl (C=O) groups excluding carboxylic acids is 4. The molecule has 1 heterocycles. The van der Waals surface area contributed by atoms with Gasteiger partial charge in [-0.25, -0.2) is 4.79 Å². The molecule has 1 fully saturated rings. The van der Waals surface area contributed by atoms with Gasteiger partial charge in [0.25, 0.3) is 3.79 Å². The molecule has 0 aromatic rings. The summed E-state index contributed by atoms with van der Waals surface area (Å²) >= 11 is 17.1. The third kappa shape index (κ3) is 8.66. The monoisotopic (exact) mass is 561 g/mol. The molecule has 200 valence electrons. The van der Waals surface area contributed by atoms with Crippen LogP contribution >= 0.6 is 34.8 Å². The topological polar surface area (TPSA) is 148 Å². The third-order valence-electron chi connectivity index (χ3n) is 4.59. The fourth-order valence-corrected chi connectivity index (χ4v) is 2.73. The lowest BCUT2D eigenvalue weighted by molar-refractivity contribution is -0.288. The number of hydrogen-bond donors (Lipinski definition) is 1. The molecule has 0 amide bonds. The van der Waals surface area contributed by atoms with Gasteiger partial charge in [-0.1, -0.05) is 76.3 Å². The van der Waals surface area contributed by atoms with E-state index in [-0.39, 0.29) is 0 Å². The van der Waals surface area contributed by atoms with E-state index in [1.165, 1.54) is 27.7 Å². The van der Waals surface area contributed by atoms with Gasteiger partial charge in [-0.15, -0.1) is 0 Å². The van der Waals surface area contributed by atoms with Crippen molar-refractivity contribution in [2.45, 2.75) is 76.0 Å². The van der Waals surface area contributed by atoms with E-state index in [1.54, 1.807) is 13.8 Å². The molecule has 0 unspecified atom stereocenters. The molecule has 0 radical (unpaired) electrons. The lowest BCUT2D eigenvalue weighted by atomic mass is 9.97. The van der Waals surface area contributed by atoms with Gasteiger partial charge in [-0.3, -0.25) is 19.8 Å². The standard InChI is InChI=1S/C21H30Cl3NO10/c1-8(2)15(26)31-11-12(32-16(27)9(3)4)14(33-17(28)10(5)6)19(34-13(11)18(29)30-7)35-20(25)21(22,23)24/h8-14,19,25H,1-7H3/t11-,12-,13-,14+,19+/m0/s1. The van der Waals surface area contributed by atoms with Crippen LogP contribution in [0.4, 0.5) is 0 Å². The van der Waals surface area contributed by atoms with E-state index >= 15 is 0 Å². The van der Waals surface area contributed by atoms with Gasteiger partial charge >= 0.3 is 23.9 Å². The van der Waals surface area contributed by atoms with Crippen LogP contribution in [0.5, 0.6) is 0 Å². The van der Waals surface area contributed by atoms with E-state index in [9.17, 15) is 19.2 Å². The molecule has 14 heteroatoms. The average molecular weight is 563 g/mol. The number of hydrogen-bond acceptors (Lipinski definition) is 11. The van der Waals surface area contributed by atoms with Crippen molar-refractivity contribution in [3.63, 3.8) is 0 Å². The Morgan fingerprint density at radius 1 is 0.743 bits per heavy atom. The zero-order chi connectivity index (χ0) is 27.2. The Labute approximate surface area is 218 Å². The summed E-state index contributed by atoms with van der Waals surface area (Å²) in [5.74, 6) is -6.22. The van der Waals surface area contributed by atoms with Gasteiger partial charge in [0.2, 0.25) is 18.3 Å². The maximum absolute atomic E-state index is 12.6. The van der Waals surface area contributed by atoms with Crippen LogP contribution in [0.3, 0.4) is 0 Å². The molecule has 0 aliphatic carbocycles. The van der Waals surface area contributed by atoms with E-state index in [0.717, 1.165) is 7.11 Å². The quantitative estimate of drug-likeness (QED) is 0.154. The van der Waals surface area contributed by atoms with Crippen molar-refractivity contribution in [3.05, 3.63) is 0 Å². The number of nitrogens with one attached hydrogen (secondary N) is 1. The lowest BCUT2D eigenvalue weighted by Crippen LogP contribution is -2.64. The summed E-state index contributed by atoms with van der Waals surface area (Å²) in [5.41, 5.74) is 0. The summed E-state index contributed by atoms with van der Waals surface area (Å²) in [6.07, 6.45) is -8.35. The van der Waals surface area contributed by atoms with Gasteiger partial charge in [-0.05, 0) is 0 Å². The Morgan fingerprint density at radius 2 is 1.14 bits per heavy atom. The van der Waals surface area contributed by atoms with Crippen LogP contribution in [-0.4, -0.2) is 71.4 Å². The van der Waals surface area contributed by atoms with Crippen LogP contribution in [0.15, 0.2) is 0 Å². The zero-order valence-electron chi connectivity index (χ0n) is 20.3. The van der Waals surface area contributed by atoms with Gasteiger partial charge in [0.1, 0.15) is 0 Å². The summed E-state index contributed by atoms with van der Waals surface area (Å²) in [6.45, 7) is 9.23. The number of ether oxygens (including phenoxy) is 6. The minimum absolute atomic E-state index is 0.641. The van der Waals surface area contributed by atoms with Crippen LogP contribution in [0, 0.1) is 23.2 Å². The Bertz CT molecular complexity index is 812. The first-order valence-electron chi connectivity index (χ1n) is 10.7. The second-order valence-corrected chi connectivity index (χ2v) is 10.8. The van der Waals surface area contributed by atoms with Crippen molar-refractivity contribution in [2.75, 3.05) is 7.11 Å². The minimum atomic E-state index is -2.35. The first kappa shape index (κ1) is 31.2. The highest BCUT2D eigenvalue weighted by Crippen LogP contribution is 2.34. The molecule has 0 bridgehead atoms. The minimum Gasteiger partial charge on any atom is -0.467 e. The zero-order valence-corrected chi connectivity index (χ0v) is 22.6. The second kappa shape index (κ2) is 12.9. The first-order valence-corrected chi connectivity index (χ1v) is 11.8. The van der Waals surface area contributed by atoms with Gasteiger partial charge in [-0.2, -0.15) is 0 Å². The summed E-state index contributed by atoms with van der Waals surface area (Å²) < 4.78 is 29.8. The van der Waals surface area contributed by atoms with Crippen molar-refractivity contribution in [2.24, 2.45) is 17.8 Å². The van der Waals surface area contributed by atoms with Crippen LogP contribution in [-0.2, 0) is 47.6 Å². The molecular formula is C21H30Cl3NO10. The molecule has 1 aliphatic rings. The van der Waals surface area contributed by atoms with E-state index in [0.29, 0.717) is 0 Å². The van der Waals surface area contributed by atoms with Crippen molar-refractivity contribution >= 4 is 64.6 Å². The summed E-state index contributed by atoms with van der Waals surface area (Å²) in [5, 5.41) is 7.90. The summed E-state index contributed by atoms with van der Waals surface area (Å²) in [4.78, 5) is 50.1. The molecule has 0 aromatic carbocycles. The molecular weight excluding hydrogens is 533 g/mol. The molecule has 35 heavy (non-hydrogen) atoms. The smallest absolute Gasteiger partial charge is 0.339 e. The SMILES string of the molecule is COC(=O)[C@H]1O[C@H](OC(=N)C(Cl)(Cl)Cl)[C@H](OC(=O)C(C)C)[C@@H](OC(=O)C(C)C)[C@@H]1OC(=O)C(C)C. The van der Waals surface area contributed by atoms with Gasteiger partial charge in [0, 0.05) is 0 Å². The highest BCUT2D eigenvalue weighted by molar-refractivity contribution is 6.76. The lowest BCUT2D eigenvalue weighted by Gasteiger charge is -2.44. The molecule has 1 saturated heterocycles. The van der Waals surface area contributed by atoms with Gasteiger partial charge < -0.3 is 28.4 Å². The molecule has 1 rings (SSSR count). The maximum atomic E-state index is 12.6. The number of esters is 4. The average Bonchev–Trinajstić information content (AvgIpc) is 2.75. The predicted molar refractivity (Wildman–Crippen MR) is 124 cm³/mol. The van der Waals surface area contributed by atoms with Crippen molar-refractivity contribution in [1.82, 2.24) is 0 Å². The number of alkyl halides is 3. The highest BCUT2D eigenvalue weighted by Gasteiger charge is 2.57. The van der Waals surface area contributed by atoms with Crippen LogP contribution in [0.25, 0.3) is 0 Å². The molecule has 0 aromatic heterocycles. The van der Waals surface area contributed by atoms with Gasteiger partial charge in [0.05, 0.1) is 24.9 Å². The largest absolute Gasteiger partial charge is 0.467 e. The normalized spacial score (nSPS) is 24.7. The summed E-state index contributed by atoms with van der Waals surface area (Å²) in [6, 6.07) is 0. The van der Waals surface area contributed by atoms with Crippen molar-refractivity contribution < 1.29 is 47.6 Å². The van der Waals surface area contributed by atoms with Gasteiger partial charge in [0.15, 0.2) is 18.3 Å². The van der Waals surface area contributed by atoms with Crippen molar-refractivity contribution in [3.8, 4) is 0 Å². The molecule has 1 aliphatic heterocycles. The van der Waals surface area contributed by atoms with Crippen LogP contribution < -0.4 is 0 Å². The molecule has 1 N–H and O–H groups in total. The molecule has 11 nitrogen and oxygen atoms in total. The fourth-order valence-electron chi connectivity index (χ4n) is 2.59. The number of rotatable bonds is 8. The Kier molecular flexibility index (Phi) is 11.5. The number of carbonyl (C=O) groups is 4. The van der Waals surface area contributed by atoms with E-state index in [1.807, 2.05) is 0 Å². The van der Waals surface area contributed by atoms with E-state index < -0.39 is 82.0 Å². The van der Waals surface area contributed by atoms with Crippen LogP contribution in [0.1, 0.15) is 41.5 Å². The fraction of sp³-hybridized carbons (Fsp3) is 0.762. The molecule has 0 saturated carbocycles. The van der Waals surface area contributed by atoms with Crippen molar-refractivity contribution in [1.29, 1.82) is 5.41 Å². The Balaban J connectivity index is 3.65. The number of halogens is 3. The second-order valence-electron chi connectivity index (χ2n) is 8.56. The molecule has 5 atom stereocenters. The molecule has 0 spiro atoms. The Hall–Kier alpha value is -1.82. The van der Waals surface area contributed by atoms with E-state index in [2.05, 4.69) is 0 Å². The van der Waals surface area contributed by atoms with Crippen LogP contribution in [0.2, 0.25) is 0 Å². The van der Waals surface area contributed by atoms with E-state index in [4.69, 9.17) is 68.6 Å². The Morgan fingerprint density at radius 3 is 1.51 bits per heavy atom. The summed E-state index contributed by atoms with van der Waals surface area (Å²) in [7, 11) is 1.05. The maximum Gasteiger partial charge on any atom is 0.339 e. The highest BCUT2D eigenvalue weighted by atomic mass is 35.6. The first-order chi connectivity index (χ1) is 16.0. The predicted octanol–water partition coefficient (Wildman–Crippen LogP) is 2.95. The third-order valence-corrected chi connectivity index (χ3v) is 5.11. The number of methoxy groups -OCH3 is 1.